The van der Waals surface area contributed by atoms with Crippen molar-refractivity contribution in [1.82, 2.24) is 15.2 Å². The first kappa shape index (κ1) is 13.5. The van der Waals surface area contributed by atoms with E-state index in [4.69, 9.17) is 0 Å². The van der Waals surface area contributed by atoms with Crippen LogP contribution in [-0.2, 0) is 11.3 Å². The number of carbonyl (C=O) groups is 1. The summed E-state index contributed by atoms with van der Waals surface area (Å²) in [7, 11) is 0. The molecule has 1 aliphatic rings. The fraction of sp³-hybridized carbons (Fsp3) is 0.667. The normalized spacial score (nSPS) is 16.8. The molecule has 0 aliphatic carbocycles. The summed E-state index contributed by atoms with van der Waals surface area (Å²) in [4.78, 5) is 20.1. The first-order valence-corrected chi connectivity index (χ1v) is 7.24. The van der Waals surface area contributed by atoms with Crippen molar-refractivity contribution in [2.24, 2.45) is 0 Å². The number of thiazole rings is 1. The fourth-order valence-electron chi connectivity index (χ4n) is 2.08. The lowest BCUT2D eigenvalue weighted by Gasteiger charge is -2.26. The molecule has 0 unspecified atom stereocenters. The van der Waals surface area contributed by atoms with E-state index in [9.17, 15) is 4.79 Å². The molecule has 1 aromatic rings. The highest BCUT2D eigenvalue weighted by Crippen LogP contribution is 2.21. The smallest absolute Gasteiger partial charge is 0.225 e. The fourth-order valence-corrected chi connectivity index (χ4v) is 3.01. The predicted octanol–water partition coefficient (Wildman–Crippen LogP) is 0.921. The predicted molar refractivity (Wildman–Crippen MR) is 74.0 cm³/mol. The van der Waals surface area contributed by atoms with Gasteiger partial charge in [0, 0.05) is 51.6 Å². The molecule has 1 aromatic heterocycles. The van der Waals surface area contributed by atoms with Crippen LogP contribution in [-0.4, -0.2) is 48.5 Å². The number of piperazine rings is 1. The Morgan fingerprint density at radius 2 is 2.28 bits per heavy atom. The van der Waals surface area contributed by atoms with Crippen molar-refractivity contribution in [2.45, 2.75) is 20.4 Å². The quantitative estimate of drug-likeness (QED) is 0.882. The van der Waals surface area contributed by atoms with Crippen LogP contribution in [0.15, 0.2) is 5.38 Å². The molecule has 2 heterocycles. The lowest BCUT2D eigenvalue weighted by atomic mass is 10.3. The number of amides is 1. The van der Waals surface area contributed by atoms with Gasteiger partial charge in [0.15, 0.2) is 5.13 Å². The molecule has 0 aromatic carbocycles. The van der Waals surface area contributed by atoms with Gasteiger partial charge in [0.1, 0.15) is 0 Å². The molecular weight excluding hydrogens is 248 g/mol. The Morgan fingerprint density at radius 1 is 1.56 bits per heavy atom. The van der Waals surface area contributed by atoms with Gasteiger partial charge in [0.25, 0.3) is 0 Å². The van der Waals surface area contributed by atoms with Crippen molar-refractivity contribution in [3.8, 4) is 0 Å². The van der Waals surface area contributed by atoms with Gasteiger partial charge >= 0.3 is 0 Å². The summed E-state index contributed by atoms with van der Waals surface area (Å²) in [5.74, 6) is 0.0561. The lowest BCUT2D eigenvalue weighted by Crippen LogP contribution is -2.42. The Morgan fingerprint density at radius 3 is 2.89 bits per heavy atom. The Balaban J connectivity index is 1.98. The molecule has 1 aliphatic heterocycles. The number of anilines is 1. The number of nitrogens with zero attached hydrogens (tertiary/aromatic N) is 3. The average Bonchev–Trinajstić information content (AvgIpc) is 2.79. The van der Waals surface area contributed by atoms with Gasteiger partial charge in [0.05, 0.1) is 5.69 Å². The third-order valence-corrected chi connectivity index (χ3v) is 3.97. The van der Waals surface area contributed by atoms with Crippen LogP contribution >= 0.6 is 11.3 Å². The van der Waals surface area contributed by atoms with E-state index in [2.05, 4.69) is 20.6 Å². The van der Waals surface area contributed by atoms with E-state index in [1.54, 1.807) is 23.2 Å². The van der Waals surface area contributed by atoms with Crippen LogP contribution in [0.3, 0.4) is 0 Å². The molecule has 0 bridgehead atoms. The van der Waals surface area contributed by atoms with Crippen molar-refractivity contribution in [3.63, 3.8) is 0 Å². The maximum atomic E-state index is 11.4. The van der Waals surface area contributed by atoms with Gasteiger partial charge in [-0.25, -0.2) is 4.98 Å². The summed E-state index contributed by atoms with van der Waals surface area (Å²) in [6.45, 7) is 9.34. The third kappa shape index (κ3) is 3.28. The van der Waals surface area contributed by atoms with Gasteiger partial charge in [-0.15, -0.1) is 11.3 Å². The Labute approximate surface area is 112 Å². The van der Waals surface area contributed by atoms with E-state index in [0.717, 1.165) is 43.5 Å². The number of rotatable bonds is 4. The molecule has 0 radical (unpaired) electrons. The largest absolute Gasteiger partial charge is 0.314 e. The molecule has 0 atom stereocenters. The minimum atomic E-state index is 0.0561. The van der Waals surface area contributed by atoms with Crippen LogP contribution in [0.4, 0.5) is 5.13 Å². The van der Waals surface area contributed by atoms with Crippen molar-refractivity contribution >= 4 is 22.4 Å². The van der Waals surface area contributed by atoms with Crippen molar-refractivity contribution < 1.29 is 4.79 Å². The topological polar surface area (TPSA) is 48.5 Å². The zero-order valence-electron chi connectivity index (χ0n) is 11.0. The van der Waals surface area contributed by atoms with Crippen LogP contribution in [0.5, 0.6) is 0 Å². The summed E-state index contributed by atoms with van der Waals surface area (Å²) in [5.41, 5.74) is 1.07. The zero-order chi connectivity index (χ0) is 13.0. The highest BCUT2D eigenvalue weighted by atomic mass is 32.1. The van der Waals surface area contributed by atoms with Crippen LogP contribution in [0.1, 0.15) is 19.5 Å². The highest BCUT2D eigenvalue weighted by Gasteiger charge is 2.15. The molecular formula is C12H20N4OS. The van der Waals surface area contributed by atoms with Crippen LogP contribution in [0.2, 0.25) is 0 Å². The number of aromatic nitrogens is 1. The SMILES string of the molecule is CCN(C(C)=O)c1nc(CN2CCNCC2)cs1. The van der Waals surface area contributed by atoms with Crippen LogP contribution in [0, 0.1) is 0 Å². The van der Waals surface area contributed by atoms with Gasteiger partial charge in [-0.2, -0.15) is 0 Å². The van der Waals surface area contributed by atoms with Crippen molar-refractivity contribution in [1.29, 1.82) is 0 Å². The maximum absolute atomic E-state index is 11.4. The number of hydrogen-bond acceptors (Lipinski definition) is 5. The summed E-state index contributed by atoms with van der Waals surface area (Å²) in [6.07, 6.45) is 0. The molecule has 2 rings (SSSR count). The Bertz CT molecular complexity index is 401. The molecule has 0 spiro atoms. The van der Waals surface area contributed by atoms with E-state index in [-0.39, 0.29) is 5.91 Å². The second kappa shape index (κ2) is 6.26. The molecule has 18 heavy (non-hydrogen) atoms. The molecule has 5 nitrogen and oxygen atoms in total. The lowest BCUT2D eigenvalue weighted by molar-refractivity contribution is -0.116. The van der Waals surface area contributed by atoms with E-state index < -0.39 is 0 Å². The maximum Gasteiger partial charge on any atom is 0.225 e. The van der Waals surface area contributed by atoms with E-state index in [1.807, 2.05) is 6.92 Å². The summed E-state index contributed by atoms with van der Waals surface area (Å²) < 4.78 is 0. The minimum Gasteiger partial charge on any atom is -0.314 e. The minimum absolute atomic E-state index is 0.0561. The van der Waals surface area contributed by atoms with Gasteiger partial charge in [-0.1, -0.05) is 0 Å². The second-order valence-corrected chi connectivity index (χ2v) is 5.25. The van der Waals surface area contributed by atoms with Gasteiger partial charge < -0.3 is 5.32 Å². The summed E-state index contributed by atoms with van der Waals surface area (Å²) in [5, 5.41) is 6.21. The van der Waals surface area contributed by atoms with Crippen LogP contribution < -0.4 is 10.2 Å². The van der Waals surface area contributed by atoms with E-state index in [0.29, 0.717) is 6.54 Å². The molecule has 1 fully saturated rings. The van der Waals surface area contributed by atoms with Crippen molar-refractivity contribution in [2.75, 3.05) is 37.6 Å². The zero-order valence-corrected chi connectivity index (χ0v) is 11.8. The Kier molecular flexibility index (Phi) is 4.68. The molecule has 1 saturated heterocycles. The highest BCUT2D eigenvalue weighted by molar-refractivity contribution is 7.14. The van der Waals surface area contributed by atoms with E-state index in [1.165, 1.54) is 0 Å². The van der Waals surface area contributed by atoms with Gasteiger partial charge in [-0.05, 0) is 6.92 Å². The molecule has 0 saturated carbocycles. The van der Waals surface area contributed by atoms with Gasteiger partial charge in [0.2, 0.25) is 5.91 Å². The summed E-state index contributed by atoms with van der Waals surface area (Å²) in [6, 6.07) is 0. The monoisotopic (exact) mass is 268 g/mol. The number of hydrogen-bond donors (Lipinski definition) is 1. The summed E-state index contributed by atoms with van der Waals surface area (Å²) >= 11 is 1.55. The van der Waals surface area contributed by atoms with Crippen molar-refractivity contribution in [3.05, 3.63) is 11.1 Å². The molecule has 1 amide bonds. The molecule has 1 N–H and O–H groups in total. The van der Waals surface area contributed by atoms with Gasteiger partial charge in [-0.3, -0.25) is 14.6 Å². The Hall–Kier alpha value is -0.980. The van der Waals surface area contributed by atoms with Crippen LogP contribution in [0.25, 0.3) is 0 Å². The molecule has 100 valence electrons. The average molecular weight is 268 g/mol. The number of carbonyl (C=O) groups excluding carboxylic acids is 1. The first-order chi connectivity index (χ1) is 8.70. The third-order valence-electron chi connectivity index (χ3n) is 3.06. The first-order valence-electron chi connectivity index (χ1n) is 6.36. The van der Waals surface area contributed by atoms with E-state index >= 15 is 0 Å². The second-order valence-electron chi connectivity index (χ2n) is 4.41. The standard InChI is InChI=1S/C12H20N4OS/c1-3-16(10(2)17)12-14-11(9-18-12)8-15-6-4-13-5-7-15/h9,13H,3-8H2,1-2H3. The number of nitrogens with one attached hydrogen (secondary N) is 1. The molecule has 6 heteroatoms.